The predicted octanol–water partition coefficient (Wildman–Crippen LogP) is 3.50. The second kappa shape index (κ2) is 5.49. The number of aromatic nitrogens is 3. The number of fused-ring (bicyclic) bond motifs is 2. The van der Waals surface area contributed by atoms with Gasteiger partial charge in [-0.25, -0.2) is 4.98 Å². The summed E-state index contributed by atoms with van der Waals surface area (Å²) in [5.74, 6) is -0.137. The first kappa shape index (κ1) is 14.4. The Bertz CT molecular complexity index is 1060. The van der Waals surface area contributed by atoms with E-state index in [0.717, 1.165) is 33.2 Å². The van der Waals surface area contributed by atoms with Crippen LogP contribution in [0.4, 0.5) is 5.69 Å². The summed E-state index contributed by atoms with van der Waals surface area (Å²) >= 11 is 0. The quantitative estimate of drug-likeness (QED) is 0.605. The number of nitrogens with zero attached hydrogens (tertiary/aromatic N) is 2. The number of carbonyl (C=O) groups is 1. The lowest BCUT2D eigenvalue weighted by Gasteiger charge is -2.04. The van der Waals surface area contributed by atoms with E-state index in [-0.39, 0.29) is 12.3 Å². The fourth-order valence-corrected chi connectivity index (χ4v) is 2.74. The van der Waals surface area contributed by atoms with Crippen molar-refractivity contribution in [2.75, 3.05) is 5.32 Å². The van der Waals surface area contributed by atoms with Crippen LogP contribution in [-0.2, 0) is 11.2 Å². The SMILES string of the molecule is Cc1cc2onc(CC(=O)Nc3ccc4nc[nH]c4c3)c2cc1C. The molecule has 6 heteroatoms. The molecule has 0 aliphatic heterocycles. The molecule has 0 atom stereocenters. The van der Waals surface area contributed by atoms with E-state index >= 15 is 0 Å². The molecule has 0 fully saturated rings. The van der Waals surface area contributed by atoms with E-state index in [2.05, 4.69) is 20.4 Å². The van der Waals surface area contributed by atoms with E-state index < -0.39 is 0 Å². The fraction of sp³-hybridized carbons (Fsp3) is 0.167. The number of anilines is 1. The standard InChI is InChI=1S/C18H16N4O2/c1-10-5-13-15(22-24-17(13)6-11(10)2)8-18(23)21-12-3-4-14-16(7-12)20-9-19-14/h3-7,9H,8H2,1-2H3,(H,19,20)(H,21,23). The Morgan fingerprint density at radius 1 is 1.21 bits per heavy atom. The summed E-state index contributed by atoms with van der Waals surface area (Å²) in [5, 5.41) is 7.82. The zero-order valence-corrected chi connectivity index (χ0v) is 13.4. The van der Waals surface area contributed by atoms with Crippen LogP contribution in [0.15, 0.2) is 41.2 Å². The molecule has 120 valence electrons. The van der Waals surface area contributed by atoms with E-state index in [4.69, 9.17) is 4.52 Å². The Morgan fingerprint density at radius 2 is 2.04 bits per heavy atom. The third-order valence-corrected chi connectivity index (χ3v) is 4.19. The number of carbonyl (C=O) groups excluding carboxylic acids is 1. The number of rotatable bonds is 3. The van der Waals surface area contributed by atoms with Gasteiger partial charge in [-0.05, 0) is 55.3 Å². The molecule has 0 aliphatic carbocycles. The third-order valence-electron chi connectivity index (χ3n) is 4.19. The highest BCUT2D eigenvalue weighted by atomic mass is 16.5. The minimum atomic E-state index is -0.137. The van der Waals surface area contributed by atoms with E-state index in [1.165, 1.54) is 0 Å². The number of hydrogen-bond donors (Lipinski definition) is 2. The second-order valence-electron chi connectivity index (χ2n) is 5.92. The van der Waals surface area contributed by atoms with Gasteiger partial charge in [-0.3, -0.25) is 4.79 Å². The molecular formula is C18H16N4O2. The molecule has 0 saturated heterocycles. The minimum absolute atomic E-state index is 0.137. The normalized spacial score (nSPS) is 11.2. The summed E-state index contributed by atoms with van der Waals surface area (Å²) in [7, 11) is 0. The highest BCUT2D eigenvalue weighted by molar-refractivity contribution is 5.96. The number of aryl methyl sites for hydroxylation is 2. The van der Waals surface area contributed by atoms with E-state index in [1.54, 1.807) is 6.33 Å². The number of benzene rings is 2. The Balaban J connectivity index is 1.56. The van der Waals surface area contributed by atoms with Crippen molar-refractivity contribution >= 4 is 33.6 Å². The van der Waals surface area contributed by atoms with E-state index in [9.17, 15) is 4.79 Å². The van der Waals surface area contributed by atoms with Crippen LogP contribution in [0.3, 0.4) is 0 Å². The molecule has 2 heterocycles. The molecule has 2 aromatic heterocycles. The number of aromatic amines is 1. The molecule has 4 rings (SSSR count). The molecule has 0 aliphatic rings. The first-order valence-corrected chi connectivity index (χ1v) is 7.68. The Labute approximate surface area is 137 Å². The third kappa shape index (κ3) is 2.52. The monoisotopic (exact) mass is 320 g/mol. The maximum Gasteiger partial charge on any atom is 0.230 e. The van der Waals surface area contributed by atoms with Gasteiger partial charge in [0.1, 0.15) is 5.69 Å². The van der Waals surface area contributed by atoms with Crippen LogP contribution in [-0.4, -0.2) is 21.0 Å². The smallest absolute Gasteiger partial charge is 0.230 e. The molecule has 4 aromatic rings. The van der Waals surface area contributed by atoms with Crippen molar-refractivity contribution in [1.82, 2.24) is 15.1 Å². The molecule has 0 saturated carbocycles. The van der Waals surface area contributed by atoms with Crippen molar-refractivity contribution in [2.24, 2.45) is 0 Å². The molecule has 2 aromatic carbocycles. The first-order valence-electron chi connectivity index (χ1n) is 7.68. The van der Waals surface area contributed by atoms with Crippen molar-refractivity contribution in [1.29, 1.82) is 0 Å². The van der Waals surface area contributed by atoms with Crippen LogP contribution in [0.1, 0.15) is 16.8 Å². The van der Waals surface area contributed by atoms with Gasteiger partial charge in [-0.15, -0.1) is 0 Å². The van der Waals surface area contributed by atoms with Crippen LogP contribution < -0.4 is 5.32 Å². The molecule has 1 amide bonds. The predicted molar refractivity (Wildman–Crippen MR) is 91.9 cm³/mol. The maximum absolute atomic E-state index is 12.3. The lowest BCUT2D eigenvalue weighted by molar-refractivity contribution is -0.115. The summed E-state index contributed by atoms with van der Waals surface area (Å²) in [6.45, 7) is 4.06. The topological polar surface area (TPSA) is 83.8 Å². The average molecular weight is 320 g/mol. The van der Waals surface area contributed by atoms with Crippen LogP contribution in [0, 0.1) is 13.8 Å². The van der Waals surface area contributed by atoms with Crippen LogP contribution in [0.25, 0.3) is 22.0 Å². The van der Waals surface area contributed by atoms with E-state index in [1.807, 2.05) is 44.2 Å². The maximum atomic E-state index is 12.3. The zero-order chi connectivity index (χ0) is 16.7. The highest BCUT2D eigenvalue weighted by Crippen LogP contribution is 2.23. The Kier molecular flexibility index (Phi) is 3.30. The highest BCUT2D eigenvalue weighted by Gasteiger charge is 2.14. The summed E-state index contributed by atoms with van der Waals surface area (Å²) in [6, 6.07) is 9.51. The molecular weight excluding hydrogens is 304 g/mol. The van der Waals surface area contributed by atoms with Gasteiger partial charge in [0.2, 0.25) is 5.91 Å². The van der Waals surface area contributed by atoms with Gasteiger partial charge >= 0.3 is 0 Å². The Hall–Kier alpha value is -3.15. The van der Waals surface area contributed by atoms with Gasteiger partial charge in [0.05, 0.1) is 23.8 Å². The van der Waals surface area contributed by atoms with Crippen molar-refractivity contribution in [2.45, 2.75) is 20.3 Å². The number of hydrogen-bond acceptors (Lipinski definition) is 4. The summed E-state index contributed by atoms with van der Waals surface area (Å²) in [5.41, 5.74) is 6.11. The molecule has 2 N–H and O–H groups in total. The lowest BCUT2D eigenvalue weighted by atomic mass is 10.1. The molecule has 0 radical (unpaired) electrons. The van der Waals surface area contributed by atoms with Crippen LogP contribution >= 0.6 is 0 Å². The first-order chi connectivity index (χ1) is 11.6. The zero-order valence-electron chi connectivity index (χ0n) is 13.4. The fourth-order valence-electron chi connectivity index (χ4n) is 2.74. The average Bonchev–Trinajstić information content (AvgIpc) is 3.15. The molecule has 6 nitrogen and oxygen atoms in total. The molecule has 0 spiro atoms. The van der Waals surface area contributed by atoms with Crippen molar-refractivity contribution in [3.8, 4) is 0 Å². The summed E-state index contributed by atoms with van der Waals surface area (Å²) in [4.78, 5) is 19.5. The van der Waals surface area contributed by atoms with Gasteiger partial charge in [-0.1, -0.05) is 5.16 Å². The summed E-state index contributed by atoms with van der Waals surface area (Å²) in [6.07, 6.45) is 1.79. The largest absolute Gasteiger partial charge is 0.356 e. The number of H-pyrrole nitrogens is 1. The van der Waals surface area contributed by atoms with Crippen LogP contribution in [0.2, 0.25) is 0 Å². The van der Waals surface area contributed by atoms with Crippen molar-refractivity contribution < 1.29 is 9.32 Å². The van der Waals surface area contributed by atoms with Gasteiger partial charge in [-0.2, -0.15) is 0 Å². The minimum Gasteiger partial charge on any atom is -0.356 e. The van der Waals surface area contributed by atoms with Gasteiger partial charge < -0.3 is 14.8 Å². The summed E-state index contributed by atoms with van der Waals surface area (Å²) < 4.78 is 5.34. The van der Waals surface area contributed by atoms with Crippen LogP contribution in [0.5, 0.6) is 0 Å². The number of amides is 1. The second-order valence-corrected chi connectivity index (χ2v) is 5.92. The number of imidazole rings is 1. The molecule has 0 unspecified atom stereocenters. The lowest BCUT2D eigenvalue weighted by Crippen LogP contribution is -2.14. The number of nitrogens with one attached hydrogen (secondary N) is 2. The van der Waals surface area contributed by atoms with Crippen molar-refractivity contribution in [3.05, 3.63) is 53.5 Å². The van der Waals surface area contributed by atoms with Gasteiger partial charge in [0.25, 0.3) is 0 Å². The van der Waals surface area contributed by atoms with Gasteiger partial charge in [0.15, 0.2) is 5.58 Å². The van der Waals surface area contributed by atoms with Gasteiger partial charge in [0, 0.05) is 11.1 Å². The van der Waals surface area contributed by atoms with E-state index in [0.29, 0.717) is 11.3 Å². The Morgan fingerprint density at radius 3 is 2.92 bits per heavy atom. The molecule has 0 bridgehead atoms. The van der Waals surface area contributed by atoms with Crippen molar-refractivity contribution in [3.63, 3.8) is 0 Å². The molecule has 24 heavy (non-hydrogen) atoms.